The summed E-state index contributed by atoms with van der Waals surface area (Å²) in [7, 11) is 0. The molecule has 0 aliphatic rings. The van der Waals surface area contributed by atoms with Gasteiger partial charge in [0.25, 0.3) is 0 Å². The summed E-state index contributed by atoms with van der Waals surface area (Å²) in [6.45, 7) is 2.45. The second kappa shape index (κ2) is 7.07. The third kappa shape index (κ3) is 3.95. The number of aryl methyl sites for hydroxylation is 1. The number of aromatic nitrogens is 3. The van der Waals surface area contributed by atoms with Crippen LogP contribution in [0.5, 0.6) is 0 Å². The van der Waals surface area contributed by atoms with Gasteiger partial charge in [-0.3, -0.25) is 0 Å². The van der Waals surface area contributed by atoms with E-state index < -0.39 is 6.10 Å². The summed E-state index contributed by atoms with van der Waals surface area (Å²) >= 11 is 11.9. The van der Waals surface area contributed by atoms with E-state index in [2.05, 4.69) is 17.0 Å². The highest BCUT2D eigenvalue weighted by Crippen LogP contribution is 2.27. The average molecular weight is 314 g/mol. The maximum atomic E-state index is 10.2. The Kier molecular flexibility index (Phi) is 5.40. The molecule has 108 valence electrons. The molecule has 0 amide bonds. The van der Waals surface area contributed by atoms with Crippen LogP contribution >= 0.6 is 23.2 Å². The Morgan fingerprint density at radius 1 is 1.35 bits per heavy atom. The fraction of sp³-hybridized carbons (Fsp3) is 0.429. The zero-order chi connectivity index (χ0) is 14.5. The summed E-state index contributed by atoms with van der Waals surface area (Å²) in [6, 6.07) is 5.06. The van der Waals surface area contributed by atoms with E-state index in [0.29, 0.717) is 22.2 Å². The van der Waals surface area contributed by atoms with Crippen LogP contribution in [0.25, 0.3) is 0 Å². The molecule has 1 aromatic carbocycles. The molecule has 0 aliphatic heterocycles. The molecule has 0 radical (unpaired) electrons. The summed E-state index contributed by atoms with van der Waals surface area (Å²) in [6.07, 6.45) is 3.94. The summed E-state index contributed by atoms with van der Waals surface area (Å²) in [4.78, 5) is 4.22. The molecule has 1 unspecified atom stereocenters. The molecular weight excluding hydrogens is 297 g/mol. The molecule has 0 saturated carbocycles. The summed E-state index contributed by atoms with van der Waals surface area (Å²) < 4.78 is 1.64. The average Bonchev–Trinajstić information content (AvgIpc) is 2.83. The van der Waals surface area contributed by atoms with Crippen molar-refractivity contribution < 1.29 is 5.11 Å². The van der Waals surface area contributed by atoms with Crippen LogP contribution in [-0.4, -0.2) is 19.9 Å². The standard InChI is InChI=1S/C14H17Cl2N3O/c1-2-3-4-14-17-9-19(18-14)8-13(20)11-6-5-10(15)7-12(11)16/h5-7,9,13,20H,2-4,8H2,1H3. The van der Waals surface area contributed by atoms with Crippen LogP contribution in [0.4, 0.5) is 0 Å². The Morgan fingerprint density at radius 2 is 2.15 bits per heavy atom. The molecule has 2 rings (SSSR count). The zero-order valence-corrected chi connectivity index (χ0v) is 12.8. The summed E-state index contributed by atoms with van der Waals surface area (Å²) in [5.41, 5.74) is 0.640. The van der Waals surface area contributed by atoms with E-state index in [9.17, 15) is 5.11 Å². The highest BCUT2D eigenvalue weighted by molar-refractivity contribution is 6.35. The van der Waals surface area contributed by atoms with Crippen molar-refractivity contribution in [2.75, 3.05) is 0 Å². The molecule has 0 spiro atoms. The van der Waals surface area contributed by atoms with Crippen molar-refractivity contribution in [3.05, 3.63) is 46.0 Å². The molecule has 1 atom stereocenters. The lowest BCUT2D eigenvalue weighted by atomic mass is 10.1. The van der Waals surface area contributed by atoms with E-state index in [1.807, 2.05) is 0 Å². The molecule has 1 heterocycles. The van der Waals surface area contributed by atoms with Gasteiger partial charge >= 0.3 is 0 Å². The van der Waals surface area contributed by atoms with E-state index in [1.54, 1.807) is 29.2 Å². The number of benzene rings is 1. The first-order valence-corrected chi connectivity index (χ1v) is 7.37. The van der Waals surface area contributed by atoms with Crippen molar-refractivity contribution >= 4 is 23.2 Å². The van der Waals surface area contributed by atoms with Gasteiger partial charge in [0.05, 0.1) is 6.54 Å². The first kappa shape index (κ1) is 15.3. The van der Waals surface area contributed by atoms with E-state index in [-0.39, 0.29) is 0 Å². The number of rotatable bonds is 6. The molecular formula is C14H17Cl2N3O. The quantitative estimate of drug-likeness (QED) is 0.885. The molecule has 1 N–H and O–H groups in total. The van der Waals surface area contributed by atoms with Crippen LogP contribution in [0, 0.1) is 0 Å². The number of aliphatic hydroxyl groups is 1. The van der Waals surface area contributed by atoms with Crippen LogP contribution in [0.3, 0.4) is 0 Å². The van der Waals surface area contributed by atoms with Gasteiger partial charge in [-0.1, -0.05) is 42.6 Å². The van der Waals surface area contributed by atoms with Gasteiger partial charge in [0.2, 0.25) is 0 Å². The first-order valence-electron chi connectivity index (χ1n) is 6.61. The van der Waals surface area contributed by atoms with Crippen LogP contribution in [0.1, 0.15) is 37.3 Å². The van der Waals surface area contributed by atoms with Crippen molar-refractivity contribution in [2.24, 2.45) is 0 Å². The van der Waals surface area contributed by atoms with Crippen molar-refractivity contribution in [1.82, 2.24) is 14.8 Å². The van der Waals surface area contributed by atoms with Crippen molar-refractivity contribution in [2.45, 2.75) is 38.8 Å². The fourth-order valence-corrected chi connectivity index (χ4v) is 2.45. The minimum Gasteiger partial charge on any atom is -0.386 e. The van der Waals surface area contributed by atoms with Gasteiger partial charge in [-0.05, 0) is 18.6 Å². The Hall–Kier alpha value is -1.10. The lowest BCUT2D eigenvalue weighted by Crippen LogP contribution is -2.10. The van der Waals surface area contributed by atoms with Gasteiger partial charge in [-0.25, -0.2) is 9.67 Å². The van der Waals surface area contributed by atoms with Crippen molar-refractivity contribution in [3.63, 3.8) is 0 Å². The molecule has 20 heavy (non-hydrogen) atoms. The van der Waals surface area contributed by atoms with Crippen molar-refractivity contribution in [3.8, 4) is 0 Å². The van der Waals surface area contributed by atoms with Crippen LogP contribution < -0.4 is 0 Å². The summed E-state index contributed by atoms with van der Waals surface area (Å²) in [5, 5.41) is 15.6. The Balaban J connectivity index is 2.03. The number of nitrogens with zero attached hydrogens (tertiary/aromatic N) is 3. The molecule has 0 saturated heterocycles. The van der Waals surface area contributed by atoms with Gasteiger partial charge in [-0.15, -0.1) is 0 Å². The number of halogens is 2. The molecule has 6 heteroatoms. The van der Waals surface area contributed by atoms with Gasteiger partial charge in [0, 0.05) is 22.0 Å². The highest BCUT2D eigenvalue weighted by atomic mass is 35.5. The van der Waals surface area contributed by atoms with Crippen LogP contribution in [0.15, 0.2) is 24.5 Å². The molecule has 0 aliphatic carbocycles. The van der Waals surface area contributed by atoms with Gasteiger partial charge in [0.1, 0.15) is 12.4 Å². The minimum absolute atomic E-state index is 0.320. The third-order valence-electron chi connectivity index (χ3n) is 3.02. The molecule has 4 nitrogen and oxygen atoms in total. The van der Waals surface area contributed by atoms with Gasteiger partial charge < -0.3 is 5.11 Å². The number of aliphatic hydroxyl groups excluding tert-OH is 1. The largest absolute Gasteiger partial charge is 0.386 e. The highest BCUT2D eigenvalue weighted by Gasteiger charge is 2.13. The zero-order valence-electron chi connectivity index (χ0n) is 11.3. The molecule has 2 aromatic rings. The Bertz CT molecular complexity index is 571. The SMILES string of the molecule is CCCCc1ncn(CC(O)c2ccc(Cl)cc2Cl)n1. The molecule has 1 aromatic heterocycles. The number of hydrogen-bond acceptors (Lipinski definition) is 3. The monoisotopic (exact) mass is 313 g/mol. The smallest absolute Gasteiger partial charge is 0.150 e. The number of hydrogen-bond donors (Lipinski definition) is 1. The maximum Gasteiger partial charge on any atom is 0.150 e. The Morgan fingerprint density at radius 3 is 2.85 bits per heavy atom. The van der Waals surface area contributed by atoms with E-state index in [0.717, 1.165) is 25.1 Å². The fourth-order valence-electron chi connectivity index (χ4n) is 1.92. The lowest BCUT2D eigenvalue weighted by molar-refractivity contribution is 0.151. The number of unbranched alkanes of at least 4 members (excludes halogenated alkanes) is 1. The third-order valence-corrected chi connectivity index (χ3v) is 3.58. The molecule has 0 bridgehead atoms. The van der Waals surface area contributed by atoms with Crippen molar-refractivity contribution in [1.29, 1.82) is 0 Å². The van der Waals surface area contributed by atoms with Crippen LogP contribution in [-0.2, 0) is 13.0 Å². The molecule has 0 fully saturated rings. The lowest BCUT2D eigenvalue weighted by Gasteiger charge is -2.12. The normalized spacial score (nSPS) is 12.6. The minimum atomic E-state index is -0.736. The second-order valence-electron chi connectivity index (χ2n) is 4.67. The second-order valence-corrected chi connectivity index (χ2v) is 5.51. The summed E-state index contributed by atoms with van der Waals surface area (Å²) in [5.74, 6) is 0.807. The van der Waals surface area contributed by atoms with E-state index in [1.165, 1.54) is 0 Å². The van der Waals surface area contributed by atoms with Gasteiger partial charge in [0.15, 0.2) is 5.82 Å². The van der Waals surface area contributed by atoms with Gasteiger partial charge in [-0.2, -0.15) is 5.10 Å². The van der Waals surface area contributed by atoms with Crippen LogP contribution in [0.2, 0.25) is 10.0 Å². The predicted octanol–water partition coefficient (Wildman–Crippen LogP) is 3.66. The van der Waals surface area contributed by atoms with E-state index in [4.69, 9.17) is 23.2 Å². The Labute approximate surface area is 128 Å². The maximum absolute atomic E-state index is 10.2. The predicted molar refractivity (Wildman–Crippen MR) is 80.1 cm³/mol. The first-order chi connectivity index (χ1) is 9.60. The topological polar surface area (TPSA) is 50.9 Å². The van der Waals surface area contributed by atoms with E-state index >= 15 is 0 Å².